The fourth-order valence-corrected chi connectivity index (χ4v) is 2.31. The van der Waals surface area contributed by atoms with Crippen molar-refractivity contribution >= 4 is 10.9 Å². The van der Waals surface area contributed by atoms with Crippen LogP contribution in [0.2, 0.25) is 0 Å². The molecule has 0 amide bonds. The van der Waals surface area contributed by atoms with Gasteiger partial charge in [-0.15, -0.1) is 5.10 Å². The molecule has 3 aromatic rings. The summed E-state index contributed by atoms with van der Waals surface area (Å²) in [5.74, 6) is 0. The van der Waals surface area contributed by atoms with Crippen molar-refractivity contribution in [3.63, 3.8) is 0 Å². The predicted octanol–water partition coefficient (Wildman–Crippen LogP) is 1.32. The molecule has 0 saturated carbocycles. The van der Waals surface area contributed by atoms with E-state index in [4.69, 9.17) is 0 Å². The largest absolute Gasteiger partial charge is 0.311 e. The minimum absolute atomic E-state index is 0.639. The first kappa shape index (κ1) is 12.8. The molecule has 0 aliphatic heterocycles. The summed E-state index contributed by atoms with van der Waals surface area (Å²) in [6, 6.07) is 8.22. The van der Waals surface area contributed by atoms with Crippen LogP contribution in [0.5, 0.6) is 0 Å². The van der Waals surface area contributed by atoms with Crippen LogP contribution in [0.3, 0.4) is 0 Å². The maximum absolute atomic E-state index is 4.57. The Morgan fingerprint density at radius 3 is 2.95 bits per heavy atom. The van der Waals surface area contributed by atoms with Crippen molar-refractivity contribution in [2.45, 2.75) is 20.0 Å². The topological polar surface area (TPSA) is 60.6 Å². The highest BCUT2D eigenvalue weighted by molar-refractivity contribution is 5.81. The highest BCUT2D eigenvalue weighted by Gasteiger charge is 2.09. The van der Waals surface area contributed by atoms with Gasteiger partial charge in [0.25, 0.3) is 0 Å². The zero-order chi connectivity index (χ0) is 13.9. The lowest BCUT2D eigenvalue weighted by atomic mass is 10.2. The maximum Gasteiger partial charge on any atom is 0.0964 e. The van der Waals surface area contributed by atoms with E-state index in [2.05, 4.69) is 39.8 Å². The molecule has 0 aliphatic carbocycles. The number of rotatable bonds is 5. The molecule has 6 nitrogen and oxygen atoms in total. The molecule has 0 unspecified atom stereocenters. The number of nitrogens with zero attached hydrogens (tertiary/aromatic N) is 5. The first-order chi connectivity index (χ1) is 9.78. The smallest absolute Gasteiger partial charge is 0.0964 e. The Labute approximate surface area is 117 Å². The van der Waals surface area contributed by atoms with Gasteiger partial charge in [0, 0.05) is 19.0 Å². The number of nitrogens with one attached hydrogen (secondary N) is 1. The average Bonchev–Trinajstić information content (AvgIpc) is 3.03. The first-order valence-corrected chi connectivity index (χ1v) is 6.78. The van der Waals surface area contributed by atoms with Gasteiger partial charge >= 0.3 is 0 Å². The molecule has 0 spiro atoms. The zero-order valence-electron chi connectivity index (χ0n) is 11.7. The van der Waals surface area contributed by atoms with Crippen molar-refractivity contribution in [2.75, 3.05) is 6.54 Å². The van der Waals surface area contributed by atoms with Crippen molar-refractivity contribution in [3.05, 3.63) is 41.9 Å². The standard InChI is InChI=1S/C14H18N6/c1-3-15-8-11-9-20(18-16-11)10-13-12-6-4-5-7-14(12)19(2)17-13/h4-7,9,15H,3,8,10H2,1-2H3. The molecule has 0 fully saturated rings. The van der Waals surface area contributed by atoms with E-state index in [0.29, 0.717) is 6.54 Å². The third-order valence-corrected chi connectivity index (χ3v) is 3.29. The van der Waals surface area contributed by atoms with E-state index in [9.17, 15) is 0 Å². The zero-order valence-corrected chi connectivity index (χ0v) is 11.7. The molecule has 0 aliphatic rings. The summed E-state index contributed by atoms with van der Waals surface area (Å²) < 4.78 is 3.74. The fraction of sp³-hybridized carbons (Fsp3) is 0.357. The van der Waals surface area contributed by atoms with Gasteiger partial charge in [0.2, 0.25) is 0 Å². The van der Waals surface area contributed by atoms with Crippen molar-refractivity contribution in [3.8, 4) is 0 Å². The Balaban J connectivity index is 1.84. The Morgan fingerprint density at radius 1 is 1.25 bits per heavy atom. The molecule has 20 heavy (non-hydrogen) atoms. The van der Waals surface area contributed by atoms with Gasteiger partial charge in [0.15, 0.2) is 0 Å². The third kappa shape index (κ3) is 2.42. The predicted molar refractivity (Wildman–Crippen MR) is 77.2 cm³/mol. The van der Waals surface area contributed by atoms with Crippen LogP contribution in [0.1, 0.15) is 18.3 Å². The molecule has 104 valence electrons. The summed E-state index contributed by atoms with van der Waals surface area (Å²) in [4.78, 5) is 0. The number of para-hydroxylation sites is 1. The molecule has 6 heteroatoms. The van der Waals surface area contributed by atoms with E-state index in [1.807, 2.05) is 34.7 Å². The van der Waals surface area contributed by atoms with Gasteiger partial charge in [-0.1, -0.05) is 30.3 Å². The van der Waals surface area contributed by atoms with Crippen molar-refractivity contribution < 1.29 is 0 Å². The van der Waals surface area contributed by atoms with Gasteiger partial charge < -0.3 is 5.32 Å². The van der Waals surface area contributed by atoms with Crippen LogP contribution < -0.4 is 5.32 Å². The van der Waals surface area contributed by atoms with Crippen LogP contribution in [0.15, 0.2) is 30.5 Å². The maximum atomic E-state index is 4.57. The lowest BCUT2D eigenvalue weighted by Gasteiger charge is -1.97. The molecule has 1 N–H and O–H groups in total. The summed E-state index contributed by atoms with van der Waals surface area (Å²) >= 11 is 0. The van der Waals surface area contributed by atoms with E-state index >= 15 is 0 Å². The van der Waals surface area contributed by atoms with Crippen LogP contribution in [0.25, 0.3) is 10.9 Å². The van der Waals surface area contributed by atoms with Gasteiger partial charge in [-0.3, -0.25) is 4.68 Å². The number of fused-ring (bicyclic) bond motifs is 1. The monoisotopic (exact) mass is 270 g/mol. The van der Waals surface area contributed by atoms with Crippen molar-refractivity contribution in [1.29, 1.82) is 0 Å². The summed E-state index contributed by atoms with van der Waals surface area (Å²) in [6.45, 7) is 4.39. The summed E-state index contributed by atoms with van der Waals surface area (Å²) in [5, 5.41) is 17.3. The van der Waals surface area contributed by atoms with Crippen LogP contribution in [-0.4, -0.2) is 31.3 Å². The van der Waals surface area contributed by atoms with Gasteiger partial charge in [-0.05, 0) is 12.6 Å². The second-order valence-corrected chi connectivity index (χ2v) is 4.78. The average molecular weight is 270 g/mol. The molecule has 1 aromatic carbocycles. The molecular weight excluding hydrogens is 252 g/mol. The number of hydrogen-bond donors (Lipinski definition) is 1. The van der Waals surface area contributed by atoms with E-state index < -0.39 is 0 Å². The van der Waals surface area contributed by atoms with Crippen LogP contribution in [-0.2, 0) is 20.1 Å². The second kappa shape index (κ2) is 5.42. The number of aryl methyl sites for hydroxylation is 1. The molecular formula is C14H18N6. The van der Waals surface area contributed by atoms with Gasteiger partial charge in [0.05, 0.1) is 29.6 Å². The minimum atomic E-state index is 0.639. The molecule has 0 saturated heterocycles. The molecule has 2 aromatic heterocycles. The first-order valence-electron chi connectivity index (χ1n) is 6.78. The van der Waals surface area contributed by atoms with E-state index in [-0.39, 0.29) is 0 Å². The van der Waals surface area contributed by atoms with Gasteiger partial charge in [-0.2, -0.15) is 5.10 Å². The third-order valence-electron chi connectivity index (χ3n) is 3.29. The molecule has 3 rings (SSSR count). The van der Waals surface area contributed by atoms with Crippen molar-refractivity contribution in [2.24, 2.45) is 7.05 Å². The lowest BCUT2D eigenvalue weighted by molar-refractivity contribution is 0.627. The van der Waals surface area contributed by atoms with Crippen molar-refractivity contribution in [1.82, 2.24) is 30.1 Å². The van der Waals surface area contributed by atoms with E-state index in [0.717, 1.165) is 30.0 Å². The fourth-order valence-electron chi connectivity index (χ4n) is 2.31. The summed E-state index contributed by atoms with van der Waals surface area (Å²) in [5.41, 5.74) is 3.10. The normalized spacial score (nSPS) is 11.3. The number of benzene rings is 1. The quantitative estimate of drug-likeness (QED) is 0.759. The minimum Gasteiger partial charge on any atom is -0.311 e. The van der Waals surface area contributed by atoms with E-state index in [1.54, 1.807) is 0 Å². The Hall–Kier alpha value is -2.21. The Bertz CT molecular complexity index is 711. The number of aromatic nitrogens is 5. The molecule has 2 heterocycles. The van der Waals surface area contributed by atoms with Crippen LogP contribution in [0, 0.1) is 0 Å². The molecule has 0 radical (unpaired) electrons. The SMILES string of the molecule is CCNCc1cn(Cc2nn(C)c3ccccc23)nn1. The van der Waals surface area contributed by atoms with Crippen LogP contribution in [0.4, 0.5) is 0 Å². The summed E-state index contributed by atoms with van der Waals surface area (Å²) in [6.07, 6.45) is 1.96. The van der Waals surface area contributed by atoms with Crippen LogP contribution >= 0.6 is 0 Å². The Morgan fingerprint density at radius 2 is 2.10 bits per heavy atom. The highest BCUT2D eigenvalue weighted by Crippen LogP contribution is 2.17. The molecule has 0 atom stereocenters. The summed E-state index contributed by atoms with van der Waals surface area (Å²) in [7, 11) is 1.96. The van der Waals surface area contributed by atoms with Gasteiger partial charge in [-0.25, -0.2) is 4.68 Å². The number of hydrogen-bond acceptors (Lipinski definition) is 4. The molecule has 0 bridgehead atoms. The van der Waals surface area contributed by atoms with E-state index in [1.165, 1.54) is 5.39 Å². The van der Waals surface area contributed by atoms with Gasteiger partial charge in [0.1, 0.15) is 0 Å². The lowest BCUT2D eigenvalue weighted by Crippen LogP contribution is -2.11. The Kier molecular flexibility index (Phi) is 3.47. The highest BCUT2D eigenvalue weighted by atomic mass is 15.4. The second-order valence-electron chi connectivity index (χ2n) is 4.78.